The van der Waals surface area contributed by atoms with Crippen LogP contribution in [0.25, 0.3) is 0 Å². The lowest BCUT2D eigenvalue weighted by Crippen LogP contribution is -2.38. The minimum absolute atomic E-state index is 0.357. The number of amides is 1. The van der Waals surface area contributed by atoms with Crippen molar-refractivity contribution in [3.05, 3.63) is 0 Å². The number of alkyl carbamates (subject to hydrolysis) is 1. The first-order valence-electron chi connectivity index (χ1n) is 9.24. The topological polar surface area (TPSA) is 75.6 Å². The molecule has 0 aliphatic rings. The second-order valence-electron chi connectivity index (χ2n) is 6.23. The van der Waals surface area contributed by atoms with Crippen molar-refractivity contribution in [1.82, 2.24) is 5.32 Å². The van der Waals surface area contributed by atoms with Crippen LogP contribution in [0.5, 0.6) is 0 Å². The maximum absolute atomic E-state index is 11.3. The second kappa shape index (κ2) is 15.6. The maximum atomic E-state index is 11.3. The van der Waals surface area contributed by atoms with Crippen LogP contribution in [0, 0.1) is 0 Å². The fraction of sp³-hybridized carbons (Fsp3) is 0.889. The van der Waals surface area contributed by atoms with E-state index >= 15 is 0 Å². The largest absolute Gasteiger partial charge is 0.480 e. The average Bonchev–Trinajstić information content (AvgIpc) is 2.51. The highest BCUT2D eigenvalue weighted by molar-refractivity contribution is 5.79. The SMILES string of the molecule is CCCCCCCCCCCCCCOC(=O)N[C@@H](C)C(=O)O. The quantitative estimate of drug-likeness (QED) is 0.420. The molecule has 1 atom stereocenters. The summed E-state index contributed by atoms with van der Waals surface area (Å²) in [6, 6.07) is -0.913. The molecular weight excluding hydrogens is 294 g/mol. The van der Waals surface area contributed by atoms with Gasteiger partial charge in [-0.1, -0.05) is 77.6 Å². The Morgan fingerprint density at radius 2 is 1.30 bits per heavy atom. The molecule has 0 saturated heterocycles. The van der Waals surface area contributed by atoms with E-state index in [-0.39, 0.29) is 0 Å². The summed E-state index contributed by atoms with van der Waals surface area (Å²) in [6.07, 6.45) is 14.5. The van der Waals surface area contributed by atoms with Crippen LogP contribution in [-0.4, -0.2) is 29.8 Å². The van der Waals surface area contributed by atoms with E-state index in [9.17, 15) is 9.59 Å². The van der Waals surface area contributed by atoms with E-state index in [2.05, 4.69) is 12.2 Å². The fourth-order valence-electron chi connectivity index (χ4n) is 2.39. The molecule has 5 heteroatoms. The molecule has 0 aromatic carbocycles. The molecule has 0 aromatic heterocycles. The lowest BCUT2D eigenvalue weighted by Gasteiger charge is -2.09. The summed E-state index contributed by atoms with van der Waals surface area (Å²) in [5, 5.41) is 10.9. The highest BCUT2D eigenvalue weighted by Crippen LogP contribution is 2.11. The van der Waals surface area contributed by atoms with E-state index in [1.807, 2.05) is 0 Å². The summed E-state index contributed by atoms with van der Waals surface area (Å²) in [5.74, 6) is -1.06. The Morgan fingerprint density at radius 1 is 0.870 bits per heavy atom. The summed E-state index contributed by atoms with van der Waals surface area (Å²) < 4.78 is 4.94. The smallest absolute Gasteiger partial charge is 0.407 e. The third kappa shape index (κ3) is 15.4. The lowest BCUT2D eigenvalue weighted by atomic mass is 10.1. The Labute approximate surface area is 141 Å². The molecule has 2 N–H and O–H groups in total. The van der Waals surface area contributed by atoms with Gasteiger partial charge in [0, 0.05) is 0 Å². The minimum atomic E-state index is -1.06. The van der Waals surface area contributed by atoms with Gasteiger partial charge in [-0.2, -0.15) is 0 Å². The first-order valence-corrected chi connectivity index (χ1v) is 9.24. The zero-order valence-corrected chi connectivity index (χ0v) is 14.9. The number of aliphatic carboxylic acids is 1. The normalized spacial score (nSPS) is 11.9. The number of unbranched alkanes of at least 4 members (excludes halogenated alkanes) is 11. The molecule has 0 saturated carbocycles. The third-order valence-electron chi connectivity index (χ3n) is 3.94. The zero-order chi connectivity index (χ0) is 17.3. The van der Waals surface area contributed by atoms with Crippen LogP contribution in [-0.2, 0) is 9.53 Å². The molecule has 1 amide bonds. The van der Waals surface area contributed by atoms with Gasteiger partial charge in [0.25, 0.3) is 0 Å². The average molecular weight is 329 g/mol. The monoisotopic (exact) mass is 329 g/mol. The summed E-state index contributed by atoms with van der Waals surface area (Å²) in [5.41, 5.74) is 0. The van der Waals surface area contributed by atoms with Crippen LogP contribution >= 0.6 is 0 Å². The molecule has 0 spiro atoms. The number of carbonyl (C=O) groups is 2. The highest BCUT2D eigenvalue weighted by atomic mass is 16.5. The van der Waals surface area contributed by atoms with Crippen LogP contribution in [0.15, 0.2) is 0 Å². The van der Waals surface area contributed by atoms with Crippen molar-refractivity contribution in [1.29, 1.82) is 0 Å². The molecule has 0 bridgehead atoms. The zero-order valence-electron chi connectivity index (χ0n) is 14.9. The van der Waals surface area contributed by atoms with Gasteiger partial charge in [0.1, 0.15) is 6.04 Å². The summed E-state index contributed by atoms with van der Waals surface area (Å²) in [7, 11) is 0. The standard InChI is InChI=1S/C18H35NO4/c1-3-4-5-6-7-8-9-10-11-12-13-14-15-23-18(22)19-16(2)17(20)21/h16H,3-15H2,1-2H3,(H,19,22)(H,20,21)/t16-/m0/s1. The predicted octanol–water partition coefficient (Wildman–Crippen LogP) is 4.89. The van der Waals surface area contributed by atoms with Crippen molar-refractivity contribution >= 4 is 12.1 Å². The summed E-state index contributed by atoms with van der Waals surface area (Å²) in [4.78, 5) is 21.8. The summed E-state index contributed by atoms with van der Waals surface area (Å²) >= 11 is 0. The lowest BCUT2D eigenvalue weighted by molar-refractivity contribution is -0.138. The van der Waals surface area contributed by atoms with Crippen molar-refractivity contribution in [2.75, 3.05) is 6.61 Å². The number of nitrogens with one attached hydrogen (secondary N) is 1. The number of hydrogen-bond acceptors (Lipinski definition) is 3. The van der Waals surface area contributed by atoms with E-state index in [1.54, 1.807) is 0 Å². The first kappa shape index (κ1) is 21.7. The number of ether oxygens (including phenoxy) is 1. The Kier molecular flexibility index (Phi) is 14.8. The third-order valence-corrected chi connectivity index (χ3v) is 3.94. The molecule has 0 aliphatic heterocycles. The number of rotatable bonds is 15. The first-order chi connectivity index (χ1) is 11.1. The van der Waals surface area contributed by atoms with Gasteiger partial charge in [-0.05, 0) is 13.3 Å². The van der Waals surface area contributed by atoms with Crippen molar-refractivity contribution in [3.63, 3.8) is 0 Å². The summed E-state index contributed by atoms with van der Waals surface area (Å²) in [6.45, 7) is 4.01. The predicted molar refractivity (Wildman–Crippen MR) is 92.7 cm³/mol. The number of hydrogen-bond donors (Lipinski definition) is 2. The Balaban J connectivity index is 3.21. The van der Waals surface area contributed by atoms with Gasteiger partial charge in [-0.15, -0.1) is 0 Å². The second-order valence-corrected chi connectivity index (χ2v) is 6.23. The van der Waals surface area contributed by atoms with Gasteiger partial charge in [0.2, 0.25) is 0 Å². The molecule has 0 aromatic rings. The molecule has 23 heavy (non-hydrogen) atoms. The fourth-order valence-corrected chi connectivity index (χ4v) is 2.39. The van der Waals surface area contributed by atoms with Gasteiger partial charge >= 0.3 is 12.1 Å². The number of carboxylic acids is 1. The molecule has 5 nitrogen and oxygen atoms in total. The minimum Gasteiger partial charge on any atom is -0.480 e. The van der Waals surface area contributed by atoms with Crippen molar-refractivity contribution in [3.8, 4) is 0 Å². The van der Waals surface area contributed by atoms with Gasteiger partial charge in [0.05, 0.1) is 6.61 Å². The molecular formula is C18H35NO4. The molecule has 0 radical (unpaired) electrons. The van der Waals surface area contributed by atoms with Gasteiger partial charge in [0.15, 0.2) is 0 Å². The number of carbonyl (C=O) groups excluding carboxylic acids is 1. The van der Waals surface area contributed by atoms with Crippen molar-refractivity contribution in [2.24, 2.45) is 0 Å². The molecule has 0 fully saturated rings. The Morgan fingerprint density at radius 3 is 1.74 bits per heavy atom. The highest BCUT2D eigenvalue weighted by Gasteiger charge is 2.14. The van der Waals surface area contributed by atoms with Crippen LogP contribution < -0.4 is 5.32 Å². The van der Waals surface area contributed by atoms with Gasteiger partial charge < -0.3 is 15.2 Å². The van der Waals surface area contributed by atoms with E-state index < -0.39 is 18.1 Å². The van der Waals surface area contributed by atoms with Crippen LogP contribution in [0.3, 0.4) is 0 Å². The van der Waals surface area contributed by atoms with Crippen LogP contribution in [0.2, 0.25) is 0 Å². The van der Waals surface area contributed by atoms with Crippen molar-refractivity contribution < 1.29 is 19.4 Å². The van der Waals surface area contributed by atoms with E-state index in [0.717, 1.165) is 12.8 Å². The number of carboxylic acid groups (broad SMARTS) is 1. The van der Waals surface area contributed by atoms with E-state index in [1.165, 1.54) is 71.1 Å². The van der Waals surface area contributed by atoms with Crippen LogP contribution in [0.4, 0.5) is 4.79 Å². The molecule has 0 unspecified atom stereocenters. The molecule has 136 valence electrons. The van der Waals surface area contributed by atoms with Crippen LogP contribution in [0.1, 0.15) is 90.9 Å². The van der Waals surface area contributed by atoms with Gasteiger partial charge in [-0.3, -0.25) is 4.79 Å². The van der Waals surface area contributed by atoms with E-state index in [0.29, 0.717) is 6.61 Å². The molecule has 0 aliphatic carbocycles. The molecule has 0 heterocycles. The molecule has 0 rings (SSSR count). The Bertz CT molecular complexity index is 307. The van der Waals surface area contributed by atoms with E-state index in [4.69, 9.17) is 9.84 Å². The van der Waals surface area contributed by atoms with Crippen molar-refractivity contribution in [2.45, 2.75) is 96.9 Å². The van der Waals surface area contributed by atoms with Gasteiger partial charge in [-0.25, -0.2) is 4.79 Å². The maximum Gasteiger partial charge on any atom is 0.407 e. The Hall–Kier alpha value is -1.26.